The number of hydrogen-bond donors (Lipinski definition) is 1. The van der Waals surface area contributed by atoms with E-state index in [1.54, 1.807) is 18.2 Å². The fraction of sp³-hybridized carbons (Fsp3) is 0.0769. The van der Waals surface area contributed by atoms with Crippen LogP contribution in [-0.2, 0) is 6.61 Å². The fourth-order valence-corrected chi connectivity index (χ4v) is 3.01. The number of carboxylic acid groups (broad SMARTS) is 1. The first-order valence-electron chi connectivity index (χ1n) is 5.23. The Morgan fingerprint density at radius 2 is 2.33 bits per heavy atom. The van der Waals surface area contributed by atoms with Crippen LogP contribution in [0.4, 0.5) is 0 Å². The summed E-state index contributed by atoms with van der Waals surface area (Å²) in [5.41, 5.74) is 2.14. The van der Waals surface area contributed by atoms with Crippen molar-refractivity contribution in [3.05, 3.63) is 40.3 Å². The van der Waals surface area contributed by atoms with E-state index in [1.165, 1.54) is 11.3 Å². The first kappa shape index (κ1) is 10.8. The van der Waals surface area contributed by atoms with Crippen molar-refractivity contribution in [3.8, 4) is 22.3 Å². The lowest BCUT2D eigenvalue weighted by Gasteiger charge is -2.18. The number of carboxylic acids is 1. The van der Waals surface area contributed by atoms with Crippen LogP contribution in [0.15, 0.2) is 24.3 Å². The molecule has 4 nitrogen and oxygen atoms in total. The van der Waals surface area contributed by atoms with Crippen LogP contribution in [0.5, 0.6) is 5.75 Å². The highest BCUT2D eigenvalue weighted by Gasteiger charge is 2.24. The summed E-state index contributed by atoms with van der Waals surface area (Å²) in [7, 11) is 0. The quantitative estimate of drug-likeness (QED) is 0.852. The molecule has 0 spiro atoms. The summed E-state index contributed by atoms with van der Waals surface area (Å²) in [6.45, 7) is 0.310. The molecule has 0 aliphatic carbocycles. The van der Waals surface area contributed by atoms with Gasteiger partial charge in [0.05, 0.1) is 5.56 Å². The Balaban J connectivity index is 2.23. The van der Waals surface area contributed by atoms with Gasteiger partial charge in [-0.1, -0.05) is 6.07 Å². The van der Waals surface area contributed by atoms with E-state index in [1.807, 2.05) is 6.07 Å². The van der Waals surface area contributed by atoms with Gasteiger partial charge in [-0.2, -0.15) is 5.26 Å². The van der Waals surface area contributed by atoms with E-state index >= 15 is 0 Å². The average molecular weight is 257 g/mol. The monoisotopic (exact) mass is 257 g/mol. The van der Waals surface area contributed by atoms with Crippen molar-refractivity contribution in [2.45, 2.75) is 6.61 Å². The lowest BCUT2D eigenvalue weighted by atomic mass is 10.0. The predicted octanol–water partition coefficient (Wildman–Crippen LogP) is 2.88. The second-order valence-corrected chi connectivity index (χ2v) is 4.91. The second-order valence-electron chi connectivity index (χ2n) is 3.85. The van der Waals surface area contributed by atoms with Crippen molar-refractivity contribution in [1.82, 2.24) is 0 Å². The number of hydrogen-bond acceptors (Lipinski definition) is 4. The van der Waals surface area contributed by atoms with Gasteiger partial charge in [0.1, 0.15) is 23.3 Å². The fourth-order valence-electron chi connectivity index (χ4n) is 1.98. The molecule has 0 radical (unpaired) electrons. The second kappa shape index (κ2) is 3.86. The van der Waals surface area contributed by atoms with Crippen molar-refractivity contribution in [2.75, 3.05) is 0 Å². The van der Waals surface area contributed by atoms with Crippen molar-refractivity contribution in [3.63, 3.8) is 0 Å². The molecule has 0 bridgehead atoms. The first-order chi connectivity index (χ1) is 8.70. The van der Waals surface area contributed by atoms with Crippen molar-refractivity contribution >= 4 is 17.3 Å². The van der Waals surface area contributed by atoms with Gasteiger partial charge in [0, 0.05) is 16.0 Å². The molecule has 3 rings (SSSR count). The van der Waals surface area contributed by atoms with E-state index in [0.29, 0.717) is 22.8 Å². The molecule has 0 unspecified atom stereocenters. The molecule has 1 N–H and O–H groups in total. The lowest BCUT2D eigenvalue weighted by Crippen LogP contribution is -2.04. The SMILES string of the molecule is N#Cc1cccc2c1OCc1cc(C(=O)O)sc1-2. The minimum absolute atomic E-state index is 0.291. The van der Waals surface area contributed by atoms with Crippen LogP contribution < -0.4 is 4.74 Å². The van der Waals surface area contributed by atoms with Crippen LogP contribution in [-0.4, -0.2) is 11.1 Å². The van der Waals surface area contributed by atoms with Gasteiger partial charge in [-0.05, 0) is 18.2 Å². The van der Waals surface area contributed by atoms with E-state index in [2.05, 4.69) is 6.07 Å². The molecular weight excluding hydrogens is 250 g/mol. The van der Waals surface area contributed by atoms with Gasteiger partial charge in [0.25, 0.3) is 0 Å². The molecule has 1 aliphatic rings. The number of para-hydroxylation sites is 1. The van der Waals surface area contributed by atoms with Crippen LogP contribution in [0, 0.1) is 11.3 Å². The van der Waals surface area contributed by atoms with Crippen LogP contribution in [0.2, 0.25) is 0 Å². The molecule has 0 saturated carbocycles. The standard InChI is InChI=1S/C13H7NO3S/c14-5-7-2-1-3-9-11(7)17-6-8-4-10(13(15)16)18-12(8)9/h1-4H,6H2,(H,15,16). The number of fused-ring (bicyclic) bond motifs is 3. The first-order valence-corrected chi connectivity index (χ1v) is 6.04. The number of nitrogens with zero attached hydrogens (tertiary/aromatic N) is 1. The topological polar surface area (TPSA) is 70.3 Å². The number of nitriles is 1. The van der Waals surface area contributed by atoms with Gasteiger partial charge in [0.2, 0.25) is 0 Å². The summed E-state index contributed by atoms with van der Waals surface area (Å²) < 4.78 is 5.56. The largest absolute Gasteiger partial charge is 0.487 e. The number of thiophene rings is 1. The normalized spacial score (nSPS) is 11.9. The molecule has 18 heavy (non-hydrogen) atoms. The molecule has 88 valence electrons. The Kier molecular flexibility index (Phi) is 2.32. The van der Waals surface area contributed by atoms with Gasteiger partial charge in [-0.15, -0.1) is 11.3 Å². The molecule has 1 aromatic carbocycles. The number of rotatable bonds is 1. The van der Waals surface area contributed by atoms with Crippen molar-refractivity contribution in [1.29, 1.82) is 5.26 Å². The van der Waals surface area contributed by atoms with Crippen LogP contribution in [0.25, 0.3) is 10.4 Å². The minimum atomic E-state index is -0.938. The molecular formula is C13H7NO3S. The molecule has 5 heteroatoms. The molecule has 0 saturated heterocycles. The summed E-state index contributed by atoms with van der Waals surface area (Å²) in [4.78, 5) is 12.1. The Morgan fingerprint density at radius 3 is 3.06 bits per heavy atom. The highest BCUT2D eigenvalue weighted by molar-refractivity contribution is 7.17. The minimum Gasteiger partial charge on any atom is -0.487 e. The van der Waals surface area contributed by atoms with Crippen molar-refractivity contribution in [2.24, 2.45) is 0 Å². The van der Waals surface area contributed by atoms with E-state index < -0.39 is 5.97 Å². The average Bonchev–Trinajstić information content (AvgIpc) is 2.82. The van der Waals surface area contributed by atoms with E-state index in [0.717, 1.165) is 16.0 Å². The smallest absolute Gasteiger partial charge is 0.345 e. The van der Waals surface area contributed by atoms with E-state index in [-0.39, 0.29) is 0 Å². The number of aromatic carboxylic acids is 1. The summed E-state index contributed by atoms with van der Waals surface area (Å²) in [5, 5.41) is 18.0. The molecule has 2 heterocycles. The third kappa shape index (κ3) is 1.47. The molecule has 0 fully saturated rings. The number of carbonyl (C=O) groups is 1. The molecule has 0 atom stereocenters. The highest BCUT2D eigenvalue weighted by atomic mass is 32.1. The number of benzene rings is 1. The summed E-state index contributed by atoms with van der Waals surface area (Å²) >= 11 is 1.22. The Morgan fingerprint density at radius 1 is 1.50 bits per heavy atom. The third-order valence-electron chi connectivity index (χ3n) is 2.77. The van der Waals surface area contributed by atoms with E-state index in [4.69, 9.17) is 15.1 Å². The van der Waals surface area contributed by atoms with Gasteiger partial charge < -0.3 is 9.84 Å². The van der Waals surface area contributed by atoms with Gasteiger partial charge in [-0.25, -0.2) is 4.79 Å². The zero-order valence-electron chi connectivity index (χ0n) is 9.14. The summed E-state index contributed by atoms with van der Waals surface area (Å²) in [6.07, 6.45) is 0. The zero-order valence-corrected chi connectivity index (χ0v) is 9.95. The van der Waals surface area contributed by atoms with Gasteiger partial charge in [0.15, 0.2) is 0 Å². The third-order valence-corrected chi connectivity index (χ3v) is 3.97. The molecule has 1 aromatic heterocycles. The van der Waals surface area contributed by atoms with Gasteiger partial charge >= 0.3 is 5.97 Å². The van der Waals surface area contributed by atoms with Crippen LogP contribution in [0.3, 0.4) is 0 Å². The number of ether oxygens (including phenoxy) is 1. The van der Waals surface area contributed by atoms with Crippen molar-refractivity contribution < 1.29 is 14.6 Å². The zero-order chi connectivity index (χ0) is 12.7. The Bertz CT molecular complexity index is 697. The highest BCUT2D eigenvalue weighted by Crippen LogP contribution is 2.43. The predicted molar refractivity (Wildman–Crippen MR) is 65.8 cm³/mol. The lowest BCUT2D eigenvalue weighted by molar-refractivity contribution is 0.0702. The maximum absolute atomic E-state index is 11.0. The van der Waals surface area contributed by atoms with Gasteiger partial charge in [-0.3, -0.25) is 0 Å². The summed E-state index contributed by atoms with van der Waals surface area (Å²) in [5.74, 6) is -0.390. The van der Waals surface area contributed by atoms with Crippen LogP contribution >= 0.6 is 11.3 Å². The molecule has 1 aliphatic heterocycles. The van der Waals surface area contributed by atoms with Crippen LogP contribution in [0.1, 0.15) is 20.8 Å². The Labute approximate surface area is 107 Å². The summed E-state index contributed by atoms with van der Waals surface area (Å²) in [6, 6.07) is 9.02. The maximum Gasteiger partial charge on any atom is 0.345 e. The molecule has 0 amide bonds. The maximum atomic E-state index is 11.0. The Hall–Kier alpha value is -2.32. The van der Waals surface area contributed by atoms with E-state index in [9.17, 15) is 4.79 Å². The molecule has 2 aromatic rings.